The summed E-state index contributed by atoms with van der Waals surface area (Å²) in [5, 5.41) is 0. The van der Waals surface area contributed by atoms with Crippen LogP contribution in [0, 0.1) is 0 Å². The molecule has 0 unspecified atom stereocenters. The minimum Gasteiger partial charge on any atom is -0.179 e. The lowest BCUT2D eigenvalue weighted by Gasteiger charge is -2.04. The van der Waals surface area contributed by atoms with Crippen LogP contribution in [0.5, 0.6) is 0 Å². The van der Waals surface area contributed by atoms with Crippen LogP contribution in [-0.4, -0.2) is 10.2 Å². The number of thiol groups is 1. The highest BCUT2D eigenvalue weighted by molar-refractivity contribution is 14.1. The summed E-state index contributed by atoms with van der Waals surface area (Å²) in [6.07, 6.45) is 33.7. The van der Waals surface area contributed by atoms with Crippen molar-refractivity contribution < 1.29 is 0 Å². The standard InChI is InChI=1S/C25H51IS/c26-24-22-20-18-16-14-12-10-8-6-4-2-1-3-5-7-9-11-13-15-17-19-21-23-25-27/h27H,1-25H2. The van der Waals surface area contributed by atoms with Gasteiger partial charge in [-0.2, -0.15) is 12.6 Å². The zero-order valence-electron chi connectivity index (χ0n) is 18.5. The first kappa shape index (κ1) is 28.1. The molecule has 0 aliphatic rings. The van der Waals surface area contributed by atoms with E-state index in [1.165, 1.54) is 152 Å². The van der Waals surface area contributed by atoms with Crippen molar-refractivity contribution in [2.75, 3.05) is 10.2 Å². The van der Waals surface area contributed by atoms with Crippen LogP contribution >= 0.6 is 35.2 Å². The maximum atomic E-state index is 4.27. The van der Waals surface area contributed by atoms with Gasteiger partial charge in [0.25, 0.3) is 0 Å². The fraction of sp³-hybridized carbons (Fsp3) is 1.00. The van der Waals surface area contributed by atoms with Crippen LogP contribution < -0.4 is 0 Å². The smallest absolute Gasteiger partial charge is 0.000473 e. The molecular formula is C25H51IS. The van der Waals surface area contributed by atoms with E-state index in [2.05, 4.69) is 35.2 Å². The second-order valence-corrected chi connectivity index (χ2v) is 10.1. The molecule has 2 heteroatoms. The first-order valence-corrected chi connectivity index (χ1v) is 14.7. The minimum atomic E-state index is 1.07. The SMILES string of the molecule is SCCCCCCCCCCCCCCCCCCCCCCCCCI. The lowest BCUT2D eigenvalue weighted by molar-refractivity contribution is 0.519. The molecule has 0 saturated carbocycles. The summed E-state index contributed by atoms with van der Waals surface area (Å²) in [6, 6.07) is 0. The van der Waals surface area contributed by atoms with Crippen LogP contribution in [-0.2, 0) is 0 Å². The van der Waals surface area contributed by atoms with Crippen molar-refractivity contribution >= 4 is 35.2 Å². The summed E-state index contributed by atoms with van der Waals surface area (Å²) in [6.45, 7) is 0. The number of halogens is 1. The van der Waals surface area contributed by atoms with Crippen LogP contribution in [0.1, 0.15) is 148 Å². The van der Waals surface area contributed by atoms with Crippen molar-refractivity contribution in [2.45, 2.75) is 148 Å². The summed E-state index contributed by atoms with van der Waals surface area (Å²) >= 11 is 6.76. The Bertz CT molecular complexity index is 220. The van der Waals surface area contributed by atoms with E-state index in [4.69, 9.17) is 0 Å². The minimum absolute atomic E-state index is 1.07. The maximum absolute atomic E-state index is 4.27. The normalized spacial score (nSPS) is 11.3. The average Bonchev–Trinajstić information content (AvgIpc) is 2.68. The van der Waals surface area contributed by atoms with Crippen molar-refractivity contribution in [1.82, 2.24) is 0 Å². The Hall–Kier alpha value is 1.08. The Morgan fingerprint density at radius 1 is 0.296 bits per heavy atom. The molecular weight excluding hydrogens is 459 g/mol. The lowest BCUT2D eigenvalue weighted by atomic mass is 10.0. The Morgan fingerprint density at radius 2 is 0.481 bits per heavy atom. The number of alkyl halides is 1. The highest BCUT2D eigenvalue weighted by atomic mass is 127. The molecule has 0 aliphatic carbocycles. The Kier molecular flexibility index (Phi) is 28.2. The summed E-state index contributed by atoms with van der Waals surface area (Å²) in [5.74, 6) is 1.07. The molecule has 0 heterocycles. The summed E-state index contributed by atoms with van der Waals surface area (Å²) in [4.78, 5) is 0. The van der Waals surface area contributed by atoms with Crippen molar-refractivity contribution in [3.05, 3.63) is 0 Å². The van der Waals surface area contributed by atoms with E-state index in [1.54, 1.807) is 0 Å². The van der Waals surface area contributed by atoms with Crippen molar-refractivity contribution in [3.63, 3.8) is 0 Å². The summed E-state index contributed by atoms with van der Waals surface area (Å²) in [5.41, 5.74) is 0. The van der Waals surface area contributed by atoms with E-state index >= 15 is 0 Å². The molecule has 0 aliphatic heterocycles. The van der Waals surface area contributed by atoms with Gasteiger partial charge in [-0.25, -0.2) is 0 Å². The van der Waals surface area contributed by atoms with Gasteiger partial charge in [-0.3, -0.25) is 0 Å². The molecule has 0 nitrogen and oxygen atoms in total. The first-order chi connectivity index (χ1) is 13.4. The molecule has 164 valence electrons. The third kappa shape index (κ3) is 27.1. The van der Waals surface area contributed by atoms with Crippen LogP contribution in [0.15, 0.2) is 0 Å². The van der Waals surface area contributed by atoms with Gasteiger partial charge in [0.05, 0.1) is 0 Å². The molecule has 0 radical (unpaired) electrons. The predicted octanol–water partition coefficient (Wildman–Crippen LogP) is 10.3. The van der Waals surface area contributed by atoms with E-state index in [9.17, 15) is 0 Å². The predicted molar refractivity (Wildman–Crippen MR) is 139 cm³/mol. The van der Waals surface area contributed by atoms with E-state index in [-0.39, 0.29) is 0 Å². The zero-order chi connectivity index (χ0) is 19.7. The third-order valence-corrected chi connectivity index (χ3v) is 6.87. The number of rotatable bonds is 24. The van der Waals surface area contributed by atoms with Gasteiger partial charge in [0.2, 0.25) is 0 Å². The number of hydrogen-bond acceptors (Lipinski definition) is 1. The van der Waals surface area contributed by atoms with Gasteiger partial charge < -0.3 is 0 Å². The molecule has 0 fully saturated rings. The molecule has 0 bridgehead atoms. The maximum Gasteiger partial charge on any atom is -0.000473 e. The van der Waals surface area contributed by atoms with Gasteiger partial charge in [0, 0.05) is 0 Å². The van der Waals surface area contributed by atoms with E-state index < -0.39 is 0 Å². The fourth-order valence-electron chi connectivity index (χ4n) is 3.92. The van der Waals surface area contributed by atoms with Crippen molar-refractivity contribution in [2.24, 2.45) is 0 Å². The van der Waals surface area contributed by atoms with Crippen LogP contribution in [0.2, 0.25) is 0 Å². The molecule has 0 amide bonds. The van der Waals surface area contributed by atoms with Gasteiger partial charge in [-0.05, 0) is 23.0 Å². The molecule has 0 saturated heterocycles. The number of hydrogen-bond donors (Lipinski definition) is 1. The molecule has 0 spiro atoms. The average molecular weight is 511 g/mol. The zero-order valence-corrected chi connectivity index (χ0v) is 21.6. The van der Waals surface area contributed by atoms with Gasteiger partial charge in [0.15, 0.2) is 0 Å². The van der Waals surface area contributed by atoms with Crippen LogP contribution in [0.4, 0.5) is 0 Å². The van der Waals surface area contributed by atoms with Gasteiger partial charge >= 0.3 is 0 Å². The Balaban J connectivity index is 2.95. The second-order valence-electron chi connectivity index (χ2n) is 8.54. The highest BCUT2D eigenvalue weighted by Crippen LogP contribution is 2.15. The number of unbranched alkanes of at least 4 members (excludes halogenated alkanes) is 22. The lowest BCUT2D eigenvalue weighted by Crippen LogP contribution is -1.84. The van der Waals surface area contributed by atoms with E-state index in [0.717, 1.165) is 5.75 Å². The third-order valence-electron chi connectivity index (χ3n) is 5.79. The largest absolute Gasteiger partial charge is 0.179 e. The van der Waals surface area contributed by atoms with Crippen molar-refractivity contribution in [1.29, 1.82) is 0 Å². The summed E-state index contributed by atoms with van der Waals surface area (Å²) in [7, 11) is 0. The molecule has 0 aromatic heterocycles. The highest BCUT2D eigenvalue weighted by Gasteiger charge is 1.95. The topological polar surface area (TPSA) is 0 Å². The molecule has 0 aromatic carbocycles. The second kappa shape index (κ2) is 27.1. The van der Waals surface area contributed by atoms with Crippen LogP contribution in [0.25, 0.3) is 0 Å². The molecule has 0 N–H and O–H groups in total. The summed E-state index contributed by atoms with van der Waals surface area (Å²) < 4.78 is 1.34. The molecule has 0 rings (SSSR count). The fourth-order valence-corrected chi connectivity index (χ4v) is 4.68. The monoisotopic (exact) mass is 510 g/mol. The van der Waals surface area contributed by atoms with Crippen molar-refractivity contribution in [3.8, 4) is 0 Å². The molecule has 27 heavy (non-hydrogen) atoms. The molecule has 0 aromatic rings. The van der Waals surface area contributed by atoms with E-state index in [1.807, 2.05) is 0 Å². The van der Waals surface area contributed by atoms with E-state index in [0.29, 0.717) is 0 Å². The van der Waals surface area contributed by atoms with Gasteiger partial charge in [-0.15, -0.1) is 0 Å². The Morgan fingerprint density at radius 3 is 0.667 bits per heavy atom. The van der Waals surface area contributed by atoms with Crippen LogP contribution in [0.3, 0.4) is 0 Å². The Labute approximate surface area is 192 Å². The van der Waals surface area contributed by atoms with Gasteiger partial charge in [-0.1, -0.05) is 157 Å². The quantitative estimate of drug-likeness (QED) is 0.0568. The van der Waals surface area contributed by atoms with Gasteiger partial charge in [0.1, 0.15) is 0 Å². The first-order valence-electron chi connectivity index (χ1n) is 12.6. The molecule has 0 atom stereocenters.